The van der Waals surface area contributed by atoms with Crippen LogP contribution in [-0.2, 0) is 9.53 Å². The van der Waals surface area contributed by atoms with Gasteiger partial charge in [-0.25, -0.2) is 4.79 Å². The van der Waals surface area contributed by atoms with Crippen molar-refractivity contribution in [3.05, 3.63) is 45.5 Å². The van der Waals surface area contributed by atoms with Crippen molar-refractivity contribution in [3.8, 4) is 0 Å². The number of rotatable bonds is 4. The maximum Gasteiger partial charge on any atom is 0.342 e. The molecule has 0 aliphatic heterocycles. The minimum Gasteiger partial charge on any atom is -0.466 e. The number of carbonyl (C=O) groups excluding carboxylic acids is 3. The van der Waals surface area contributed by atoms with Crippen LogP contribution in [0.25, 0.3) is 0 Å². The molecule has 0 aromatic carbocycles. The van der Waals surface area contributed by atoms with E-state index in [-0.39, 0.29) is 5.56 Å². The second-order valence-corrected chi connectivity index (χ2v) is 5.21. The van der Waals surface area contributed by atoms with E-state index in [1.807, 2.05) is 0 Å². The Balaban J connectivity index is 1.85. The molecule has 6 nitrogen and oxygen atoms in total. The maximum absolute atomic E-state index is 11.8. The third kappa shape index (κ3) is 3.79. The molecule has 1 N–H and O–H groups in total. The number of carbonyl (C=O) groups is 3. The molecule has 0 unspecified atom stereocenters. The predicted molar refractivity (Wildman–Crippen MR) is 75.3 cm³/mol. The number of ether oxygens (including phenoxy) is 1. The zero-order valence-electron chi connectivity index (χ0n) is 11.5. The van der Waals surface area contributed by atoms with E-state index in [4.69, 9.17) is 9.15 Å². The molecule has 2 aromatic rings. The number of imide groups is 1. The topological polar surface area (TPSA) is 85.6 Å². The first kappa shape index (κ1) is 15.0. The Bertz CT molecular complexity index is 672. The lowest BCUT2D eigenvalue weighted by Gasteiger charge is -2.04. The van der Waals surface area contributed by atoms with E-state index in [9.17, 15) is 14.4 Å². The van der Waals surface area contributed by atoms with Gasteiger partial charge in [0.05, 0.1) is 4.88 Å². The van der Waals surface area contributed by atoms with Crippen molar-refractivity contribution < 1.29 is 23.5 Å². The predicted octanol–water partition coefficient (Wildman–Crippen LogP) is 2.07. The highest BCUT2D eigenvalue weighted by molar-refractivity contribution is 7.12. The van der Waals surface area contributed by atoms with Crippen LogP contribution in [0, 0.1) is 13.8 Å². The summed E-state index contributed by atoms with van der Waals surface area (Å²) in [6, 6.07) is 4.83. The Hall–Kier alpha value is -2.41. The van der Waals surface area contributed by atoms with E-state index in [0.717, 1.165) is 0 Å². The van der Waals surface area contributed by atoms with Crippen molar-refractivity contribution in [1.82, 2.24) is 5.32 Å². The third-order valence-electron chi connectivity index (χ3n) is 2.59. The largest absolute Gasteiger partial charge is 0.466 e. The molecule has 0 atom stereocenters. The van der Waals surface area contributed by atoms with Crippen LogP contribution in [0.5, 0.6) is 0 Å². The fourth-order valence-electron chi connectivity index (χ4n) is 1.67. The number of hydrogen-bond donors (Lipinski definition) is 1. The standard InChI is InChI=1S/C14H13NO5S/c1-8-6-10(9(2)20-8)14(18)19-7-12(16)15-13(17)11-4-3-5-21-11/h3-6H,7H2,1-2H3,(H,15,16,17). The van der Waals surface area contributed by atoms with Gasteiger partial charge in [0.25, 0.3) is 11.8 Å². The first-order valence-electron chi connectivity index (χ1n) is 6.09. The summed E-state index contributed by atoms with van der Waals surface area (Å²) in [4.78, 5) is 35.3. The smallest absolute Gasteiger partial charge is 0.342 e. The lowest BCUT2D eigenvalue weighted by Crippen LogP contribution is -2.33. The van der Waals surface area contributed by atoms with Crippen LogP contribution < -0.4 is 5.32 Å². The van der Waals surface area contributed by atoms with Gasteiger partial charge < -0.3 is 9.15 Å². The SMILES string of the molecule is Cc1cc(C(=O)OCC(=O)NC(=O)c2cccs2)c(C)o1. The number of aryl methyl sites for hydroxylation is 2. The Labute approximate surface area is 124 Å². The van der Waals surface area contributed by atoms with Gasteiger partial charge in [-0.3, -0.25) is 14.9 Å². The summed E-state index contributed by atoms with van der Waals surface area (Å²) in [6.07, 6.45) is 0. The molecular weight excluding hydrogens is 294 g/mol. The van der Waals surface area contributed by atoms with E-state index in [1.165, 1.54) is 17.4 Å². The molecule has 0 saturated heterocycles. The molecule has 2 amide bonds. The number of hydrogen-bond acceptors (Lipinski definition) is 6. The number of esters is 1. The van der Waals surface area contributed by atoms with Gasteiger partial charge in [-0.2, -0.15) is 0 Å². The number of amides is 2. The highest BCUT2D eigenvalue weighted by Crippen LogP contribution is 2.14. The molecule has 2 rings (SSSR count). The van der Waals surface area contributed by atoms with Gasteiger partial charge >= 0.3 is 5.97 Å². The molecule has 110 valence electrons. The summed E-state index contributed by atoms with van der Waals surface area (Å²) in [6.45, 7) is 2.81. The average molecular weight is 307 g/mol. The second kappa shape index (κ2) is 6.36. The maximum atomic E-state index is 11.8. The minimum atomic E-state index is -0.681. The van der Waals surface area contributed by atoms with Crippen LogP contribution in [0.4, 0.5) is 0 Å². The summed E-state index contributed by atoms with van der Waals surface area (Å²) in [7, 11) is 0. The Morgan fingerprint density at radius 3 is 2.67 bits per heavy atom. The van der Waals surface area contributed by atoms with Crippen LogP contribution in [0.3, 0.4) is 0 Å². The highest BCUT2D eigenvalue weighted by Gasteiger charge is 2.17. The minimum absolute atomic E-state index is 0.268. The first-order valence-corrected chi connectivity index (χ1v) is 6.97. The van der Waals surface area contributed by atoms with E-state index in [0.29, 0.717) is 16.4 Å². The molecular formula is C14H13NO5S. The molecule has 0 spiro atoms. The van der Waals surface area contributed by atoms with Gasteiger partial charge in [-0.1, -0.05) is 6.07 Å². The third-order valence-corrected chi connectivity index (χ3v) is 3.46. The van der Waals surface area contributed by atoms with Crippen LogP contribution >= 0.6 is 11.3 Å². The van der Waals surface area contributed by atoms with Crippen LogP contribution in [0.2, 0.25) is 0 Å². The van der Waals surface area contributed by atoms with E-state index in [1.54, 1.807) is 31.4 Å². The molecule has 0 radical (unpaired) electrons. The van der Waals surface area contributed by atoms with Crippen molar-refractivity contribution >= 4 is 29.1 Å². The zero-order chi connectivity index (χ0) is 15.4. The fraction of sp³-hybridized carbons (Fsp3) is 0.214. The monoisotopic (exact) mass is 307 g/mol. The molecule has 0 aliphatic rings. The lowest BCUT2D eigenvalue weighted by atomic mass is 10.2. The first-order chi connectivity index (χ1) is 9.97. The van der Waals surface area contributed by atoms with Gasteiger partial charge in [-0.05, 0) is 31.4 Å². The van der Waals surface area contributed by atoms with Gasteiger partial charge in [-0.15, -0.1) is 11.3 Å². The van der Waals surface area contributed by atoms with Gasteiger partial charge in [0.1, 0.15) is 17.1 Å². The summed E-state index contributed by atoms with van der Waals surface area (Å²) in [5.41, 5.74) is 0.268. The summed E-state index contributed by atoms with van der Waals surface area (Å²) < 4.78 is 10.0. The lowest BCUT2D eigenvalue weighted by molar-refractivity contribution is -0.123. The van der Waals surface area contributed by atoms with E-state index < -0.39 is 24.4 Å². The number of nitrogens with one attached hydrogen (secondary N) is 1. The van der Waals surface area contributed by atoms with Crippen LogP contribution in [0.1, 0.15) is 31.6 Å². The number of thiophene rings is 1. The van der Waals surface area contributed by atoms with Crippen molar-refractivity contribution in [2.75, 3.05) is 6.61 Å². The Kier molecular flexibility index (Phi) is 4.54. The van der Waals surface area contributed by atoms with Gasteiger partial charge in [0, 0.05) is 0 Å². The molecule has 2 aromatic heterocycles. The van der Waals surface area contributed by atoms with Gasteiger partial charge in [0.15, 0.2) is 6.61 Å². The number of furan rings is 1. The Morgan fingerprint density at radius 2 is 2.10 bits per heavy atom. The van der Waals surface area contributed by atoms with Crippen LogP contribution in [0.15, 0.2) is 28.0 Å². The summed E-state index contributed by atoms with van der Waals surface area (Å²) >= 11 is 1.21. The van der Waals surface area contributed by atoms with Crippen molar-refractivity contribution in [1.29, 1.82) is 0 Å². The van der Waals surface area contributed by atoms with E-state index in [2.05, 4.69) is 5.32 Å². The average Bonchev–Trinajstić information content (AvgIpc) is 3.05. The molecule has 0 aliphatic carbocycles. The molecule has 0 saturated carbocycles. The van der Waals surface area contributed by atoms with Crippen molar-refractivity contribution in [2.45, 2.75) is 13.8 Å². The van der Waals surface area contributed by atoms with Crippen LogP contribution in [-0.4, -0.2) is 24.4 Å². The zero-order valence-corrected chi connectivity index (χ0v) is 12.3. The summed E-state index contributed by atoms with van der Waals surface area (Å²) in [5.74, 6) is -0.853. The van der Waals surface area contributed by atoms with Crippen molar-refractivity contribution in [2.24, 2.45) is 0 Å². The van der Waals surface area contributed by atoms with Crippen molar-refractivity contribution in [3.63, 3.8) is 0 Å². The molecule has 21 heavy (non-hydrogen) atoms. The highest BCUT2D eigenvalue weighted by atomic mass is 32.1. The molecule has 2 heterocycles. The Morgan fingerprint density at radius 1 is 1.33 bits per heavy atom. The quantitative estimate of drug-likeness (QED) is 0.874. The van der Waals surface area contributed by atoms with E-state index >= 15 is 0 Å². The molecule has 0 fully saturated rings. The summed E-state index contributed by atoms with van der Waals surface area (Å²) in [5, 5.41) is 3.87. The fourth-order valence-corrected chi connectivity index (χ4v) is 2.29. The second-order valence-electron chi connectivity index (χ2n) is 4.26. The molecule has 7 heteroatoms. The molecule has 0 bridgehead atoms. The van der Waals surface area contributed by atoms with Gasteiger partial charge in [0.2, 0.25) is 0 Å². The normalized spacial score (nSPS) is 10.2.